The molecule has 0 saturated carbocycles. The highest BCUT2D eigenvalue weighted by Gasteiger charge is 2.28. The largest absolute Gasteiger partial charge is 0.339 e. The maximum Gasteiger partial charge on any atom is 0.253 e. The Morgan fingerprint density at radius 3 is 2.33 bits per heavy atom. The number of aryl methyl sites for hydroxylation is 2. The van der Waals surface area contributed by atoms with E-state index in [0.29, 0.717) is 25.9 Å². The van der Waals surface area contributed by atoms with Crippen LogP contribution in [0, 0.1) is 19.8 Å². The van der Waals surface area contributed by atoms with Gasteiger partial charge in [-0.25, -0.2) is 0 Å². The summed E-state index contributed by atoms with van der Waals surface area (Å²) < 4.78 is 0. The minimum atomic E-state index is -0.0450. The number of piperidine rings is 1. The lowest BCUT2D eigenvalue weighted by molar-refractivity contribution is -0.121. The third kappa shape index (κ3) is 4.38. The van der Waals surface area contributed by atoms with Gasteiger partial charge in [-0.05, 0) is 68.0 Å². The third-order valence-corrected chi connectivity index (χ3v) is 5.62. The van der Waals surface area contributed by atoms with E-state index in [1.807, 2.05) is 61.2 Å². The van der Waals surface area contributed by atoms with Gasteiger partial charge in [0.25, 0.3) is 5.91 Å². The predicted octanol–water partition coefficient (Wildman–Crippen LogP) is 4.36. The van der Waals surface area contributed by atoms with Crippen LogP contribution in [-0.4, -0.2) is 29.8 Å². The summed E-state index contributed by atoms with van der Waals surface area (Å²) in [5.74, 6) is 0.0746. The lowest BCUT2D eigenvalue weighted by Gasteiger charge is -2.31. The molecule has 2 amide bonds. The van der Waals surface area contributed by atoms with E-state index < -0.39 is 0 Å². The fourth-order valence-corrected chi connectivity index (χ4v) is 3.53. The first kappa shape index (κ1) is 19.2. The zero-order chi connectivity index (χ0) is 19.4. The van der Waals surface area contributed by atoms with E-state index in [0.717, 1.165) is 23.2 Å². The number of nitrogens with zero attached hydrogens (tertiary/aromatic N) is 1. The molecule has 0 bridgehead atoms. The molecule has 1 aliphatic heterocycles. The molecule has 1 fully saturated rings. The Morgan fingerprint density at radius 1 is 1.04 bits per heavy atom. The molecule has 1 saturated heterocycles. The molecule has 4 nitrogen and oxygen atoms in total. The average Bonchev–Trinajstić information content (AvgIpc) is 2.71. The van der Waals surface area contributed by atoms with Crippen LogP contribution in [0.2, 0.25) is 0 Å². The van der Waals surface area contributed by atoms with Gasteiger partial charge in [-0.2, -0.15) is 0 Å². The summed E-state index contributed by atoms with van der Waals surface area (Å²) in [5, 5.41) is 3.07. The van der Waals surface area contributed by atoms with Gasteiger partial charge >= 0.3 is 0 Å². The van der Waals surface area contributed by atoms with Crippen LogP contribution in [-0.2, 0) is 11.2 Å². The van der Waals surface area contributed by atoms with Crippen LogP contribution in [0.3, 0.4) is 0 Å². The molecule has 0 aromatic heterocycles. The second-order valence-electron chi connectivity index (χ2n) is 7.35. The van der Waals surface area contributed by atoms with Gasteiger partial charge in [0.15, 0.2) is 0 Å². The van der Waals surface area contributed by atoms with E-state index in [1.165, 1.54) is 11.1 Å². The second-order valence-corrected chi connectivity index (χ2v) is 7.35. The molecule has 1 N–H and O–H groups in total. The summed E-state index contributed by atoms with van der Waals surface area (Å²) in [4.78, 5) is 27.2. The molecule has 0 atom stereocenters. The van der Waals surface area contributed by atoms with Crippen molar-refractivity contribution in [2.75, 3.05) is 18.4 Å². The van der Waals surface area contributed by atoms with E-state index in [2.05, 4.69) is 12.2 Å². The van der Waals surface area contributed by atoms with Crippen molar-refractivity contribution in [3.8, 4) is 0 Å². The van der Waals surface area contributed by atoms with Crippen LogP contribution in [0.1, 0.15) is 46.8 Å². The minimum absolute atomic E-state index is 0.0450. The van der Waals surface area contributed by atoms with E-state index in [-0.39, 0.29) is 17.7 Å². The average molecular weight is 364 g/mol. The fraction of sp³-hybridized carbons (Fsp3) is 0.391. The standard InChI is InChI=1S/C23H28N2O2/c1-4-18-8-10-20(11-9-18)23(27)25-14-12-19(13-15-25)22(26)24-21-7-5-6-16(2)17(21)3/h5-11,19H,4,12-15H2,1-3H3,(H,24,26). The number of hydrogen-bond donors (Lipinski definition) is 1. The number of carbonyl (C=O) groups excluding carboxylic acids is 2. The molecule has 0 aliphatic carbocycles. The molecule has 0 unspecified atom stereocenters. The first-order chi connectivity index (χ1) is 13.0. The molecule has 2 aromatic rings. The Labute approximate surface area is 161 Å². The number of carbonyl (C=O) groups is 2. The van der Waals surface area contributed by atoms with Crippen molar-refractivity contribution in [3.05, 3.63) is 64.7 Å². The van der Waals surface area contributed by atoms with Gasteiger partial charge in [-0.1, -0.05) is 31.2 Å². The summed E-state index contributed by atoms with van der Waals surface area (Å²) in [6.45, 7) is 7.42. The molecule has 0 spiro atoms. The Hall–Kier alpha value is -2.62. The maximum atomic E-state index is 12.7. The Balaban J connectivity index is 1.57. The number of likely N-dealkylation sites (tertiary alicyclic amines) is 1. The second kappa shape index (κ2) is 8.38. The van der Waals surface area contributed by atoms with Crippen molar-refractivity contribution in [1.82, 2.24) is 4.90 Å². The van der Waals surface area contributed by atoms with Crippen molar-refractivity contribution < 1.29 is 9.59 Å². The highest BCUT2D eigenvalue weighted by molar-refractivity contribution is 5.95. The molecule has 4 heteroatoms. The van der Waals surface area contributed by atoms with Gasteiger partial charge in [0.1, 0.15) is 0 Å². The van der Waals surface area contributed by atoms with Gasteiger partial charge in [0, 0.05) is 30.3 Å². The summed E-state index contributed by atoms with van der Waals surface area (Å²) in [6, 6.07) is 13.8. The lowest BCUT2D eigenvalue weighted by atomic mass is 9.95. The van der Waals surface area contributed by atoms with Crippen molar-refractivity contribution in [1.29, 1.82) is 0 Å². The van der Waals surface area contributed by atoms with Crippen molar-refractivity contribution >= 4 is 17.5 Å². The summed E-state index contributed by atoms with van der Waals surface area (Å²) in [5.41, 5.74) is 5.12. The van der Waals surface area contributed by atoms with Crippen LogP contribution in [0.4, 0.5) is 5.69 Å². The summed E-state index contributed by atoms with van der Waals surface area (Å²) in [7, 11) is 0. The molecular formula is C23H28N2O2. The lowest BCUT2D eigenvalue weighted by Crippen LogP contribution is -2.41. The van der Waals surface area contributed by atoms with Gasteiger partial charge in [0.05, 0.1) is 0 Å². The van der Waals surface area contributed by atoms with Crippen molar-refractivity contribution in [3.63, 3.8) is 0 Å². The van der Waals surface area contributed by atoms with Gasteiger partial charge in [-0.15, -0.1) is 0 Å². The summed E-state index contributed by atoms with van der Waals surface area (Å²) in [6.07, 6.45) is 2.38. The number of amides is 2. The monoisotopic (exact) mass is 364 g/mol. The van der Waals surface area contributed by atoms with Crippen LogP contribution in [0.25, 0.3) is 0 Å². The number of rotatable bonds is 4. The Morgan fingerprint density at radius 2 is 1.70 bits per heavy atom. The maximum absolute atomic E-state index is 12.7. The SMILES string of the molecule is CCc1ccc(C(=O)N2CCC(C(=O)Nc3cccc(C)c3C)CC2)cc1. The zero-order valence-corrected chi connectivity index (χ0v) is 16.4. The number of hydrogen-bond acceptors (Lipinski definition) is 2. The normalized spacial score (nSPS) is 14.9. The van der Waals surface area contributed by atoms with Gasteiger partial charge in [0.2, 0.25) is 5.91 Å². The topological polar surface area (TPSA) is 49.4 Å². The van der Waals surface area contributed by atoms with Crippen LogP contribution < -0.4 is 5.32 Å². The molecule has 1 heterocycles. The van der Waals surface area contributed by atoms with E-state index in [4.69, 9.17) is 0 Å². The van der Waals surface area contributed by atoms with Gasteiger partial charge < -0.3 is 10.2 Å². The summed E-state index contributed by atoms with van der Waals surface area (Å²) >= 11 is 0. The van der Waals surface area contributed by atoms with Crippen LogP contribution in [0.15, 0.2) is 42.5 Å². The molecule has 3 rings (SSSR count). The molecule has 2 aromatic carbocycles. The predicted molar refractivity (Wildman–Crippen MR) is 109 cm³/mol. The first-order valence-electron chi connectivity index (χ1n) is 9.75. The Bertz CT molecular complexity index is 819. The molecular weight excluding hydrogens is 336 g/mol. The van der Waals surface area contributed by atoms with E-state index >= 15 is 0 Å². The van der Waals surface area contributed by atoms with Crippen LogP contribution in [0.5, 0.6) is 0 Å². The molecule has 142 valence electrons. The Kier molecular flexibility index (Phi) is 5.94. The quantitative estimate of drug-likeness (QED) is 0.876. The minimum Gasteiger partial charge on any atom is -0.339 e. The number of benzene rings is 2. The van der Waals surface area contributed by atoms with Gasteiger partial charge in [-0.3, -0.25) is 9.59 Å². The highest BCUT2D eigenvalue weighted by Crippen LogP contribution is 2.23. The molecule has 27 heavy (non-hydrogen) atoms. The van der Waals surface area contributed by atoms with Crippen molar-refractivity contribution in [2.45, 2.75) is 40.0 Å². The number of anilines is 1. The first-order valence-corrected chi connectivity index (χ1v) is 9.75. The highest BCUT2D eigenvalue weighted by atomic mass is 16.2. The van der Waals surface area contributed by atoms with Crippen LogP contribution >= 0.6 is 0 Å². The molecule has 0 radical (unpaired) electrons. The van der Waals surface area contributed by atoms with E-state index in [1.54, 1.807) is 0 Å². The zero-order valence-electron chi connectivity index (χ0n) is 16.4. The third-order valence-electron chi connectivity index (χ3n) is 5.62. The molecule has 1 aliphatic rings. The van der Waals surface area contributed by atoms with Crippen molar-refractivity contribution in [2.24, 2.45) is 5.92 Å². The van der Waals surface area contributed by atoms with E-state index in [9.17, 15) is 9.59 Å². The fourth-order valence-electron chi connectivity index (χ4n) is 3.53. The smallest absolute Gasteiger partial charge is 0.253 e. The number of nitrogens with one attached hydrogen (secondary N) is 1.